The zero-order chi connectivity index (χ0) is 15.7. The average molecular weight is 333 g/mol. The normalized spacial score (nSPS) is 13.0. The van der Waals surface area contributed by atoms with E-state index in [1.807, 2.05) is 11.8 Å². The molecule has 0 saturated heterocycles. The van der Waals surface area contributed by atoms with Crippen molar-refractivity contribution in [3.8, 4) is 0 Å². The van der Waals surface area contributed by atoms with E-state index in [-0.39, 0.29) is 6.04 Å². The zero-order valence-corrected chi connectivity index (χ0v) is 15.3. The van der Waals surface area contributed by atoms with Crippen molar-refractivity contribution in [2.45, 2.75) is 39.3 Å². The molecule has 0 aliphatic heterocycles. The van der Waals surface area contributed by atoms with Crippen LogP contribution in [-0.4, -0.2) is 53.4 Å². The van der Waals surface area contributed by atoms with Crippen LogP contribution in [0.5, 0.6) is 0 Å². The van der Waals surface area contributed by atoms with Crippen LogP contribution in [0.1, 0.15) is 38.4 Å². The van der Waals surface area contributed by atoms with Crippen molar-refractivity contribution in [2.24, 2.45) is 0 Å². The Morgan fingerprint density at radius 1 is 1.38 bits per heavy atom. The van der Waals surface area contributed by atoms with Gasteiger partial charge in [-0.2, -0.15) is 16.9 Å². The van der Waals surface area contributed by atoms with Crippen LogP contribution in [0.25, 0.3) is 0 Å². The molecule has 0 bridgehead atoms. The molecule has 122 valence electrons. The van der Waals surface area contributed by atoms with Gasteiger partial charge < -0.3 is 10.2 Å². The van der Waals surface area contributed by atoms with Crippen LogP contribution in [0.2, 0.25) is 5.02 Å². The molecule has 1 N–H and O–H groups in total. The molecule has 1 atom stereocenters. The molecule has 6 heteroatoms. The fourth-order valence-electron chi connectivity index (χ4n) is 2.09. The van der Waals surface area contributed by atoms with Gasteiger partial charge in [0, 0.05) is 12.3 Å². The molecule has 0 saturated carbocycles. The van der Waals surface area contributed by atoms with Gasteiger partial charge in [-0.05, 0) is 39.2 Å². The second-order valence-electron chi connectivity index (χ2n) is 5.49. The maximum absolute atomic E-state index is 6.40. The van der Waals surface area contributed by atoms with Crippen LogP contribution >= 0.6 is 23.4 Å². The standard InChI is InChI=1S/C15H29ClN4S/c1-5-7-17-14(12-21-10-6-2)15-13(16)11-18-20(15)9-8-19(3)4/h11,14,17H,5-10,12H2,1-4H3. The van der Waals surface area contributed by atoms with E-state index >= 15 is 0 Å². The lowest BCUT2D eigenvalue weighted by molar-refractivity contribution is 0.364. The quantitative estimate of drug-likeness (QED) is 0.630. The first-order chi connectivity index (χ1) is 10.1. The lowest BCUT2D eigenvalue weighted by Gasteiger charge is -2.21. The van der Waals surface area contributed by atoms with E-state index in [1.165, 1.54) is 12.2 Å². The first-order valence-electron chi connectivity index (χ1n) is 7.77. The van der Waals surface area contributed by atoms with E-state index in [0.717, 1.165) is 42.5 Å². The Morgan fingerprint density at radius 2 is 2.14 bits per heavy atom. The van der Waals surface area contributed by atoms with Gasteiger partial charge in [-0.3, -0.25) is 4.68 Å². The van der Waals surface area contributed by atoms with Crippen molar-refractivity contribution in [1.82, 2.24) is 20.0 Å². The summed E-state index contributed by atoms with van der Waals surface area (Å²) in [5, 5.41) is 8.85. The molecular weight excluding hydrogens is 304 g/mol. The highest BCUT2D eigenvalue weighted by Crippen LogP contribution is 2.26. The number of rotatable bonds is 11. The minimum absolute atomic E-state index is 0.277. The summed E-state index contributed by atoms with van der Waals surface area (Å²) in [6, 6.07) is 0.277. The van der Waals surface area contributed by atoms with Gasteiger partial charge >= 0.3 is 0 Å². The Labute approximate surface area is 138 Å². The third kappa shape index (κ3) is 6.59. The van der Waals surface area contributed by atoms with E-state index in [1.54, 1.807) is 6.20 Å². The van der Waals surface area contributed by atoms with Crippen molar-refractivity contribution >= 4 is 23.4 Å². The molecule has 0 aliphatic rings. The van der Waals surface area contributed by atoms with Crippen molar-refractivity contribution in [3.63, 3.8) is 0 Å². The van der Waals surface area contributed by atoms with Crippen LogP contribution < -0.4 is 5.32 Å². The van der Waals surface area contributed by atoms with Crippen LogP contribution in [0.3, 0.4) is 0 Å². The molecule has 1 rings (SSSR count). The SMILES string of the molecule is CCCNC(CSCCC)c1c(Cl)cnn1CCN(C)C. The lowest BCUT2D eigenvalue weighted by Crippen LogP contribution is -2.29. The summed E-state index contributed by atoms with van der Waals surface area (Å²) in [5.41, 5.74) is 1.13. The predicted molar refractivity (Wildman–Crippen MR) is 94.4 cm³/mol. The van der Waals surface area contributed by atoms with Gasteiger partial charge in [-0.15, -0.1) is 0 Å². The largest absolute Gasteiger partial charge is 0.308 e. The molecule has 4 nitrogen and oxygen atoms in total. The van der Waals surface area contributed by atoms with Crippen molar-refractivity contribution in [1.29, 1.82) is 0 Å². The topological polar surface area (TPSA) is 33.1 Å². The summed E-state index contributed by atoms with van der Waals surface area (Å²) in [6.45, 7) is 7.25. The summed E-state index contributed by atoms with van der Waals surface area (Å²) in [4.78, 5) is 2.17. The molecule has 0 amide bonds. The van der Waals surface area contributed by atoms with Gasteiger partial charge in [0.1, 0.15) is 0 Å². The van der Waals surface area contributed by atoms with Gasteiger partial charge in [0.05, 0.1) is 29.5 Å². The Balaban J connectivity index is 2.80. The van der Waals surface area contributed by atoms with E-state index in [0.29, 0.717) is 0 Å². The van der Waals surface area contributed by atoms with Crippen LogP contribution in [0, 0.1) is 0 Å². The van der Waals surface area contributed by atoms with Crippen molar-refractivity contribution in [3.05, 3.63) is 16.9 Å². The molecule has 1 aromatic heterocycles. The number of aromatic nitrogens is 2. The number of hydrogen-bond acceptors (Lipinski definition) is 4. The lowest BCUT2D eigenvalue weighted by atomic mass is 10.2. The Morgan fingerprint density at radius 3 is 2.76 bits per heavy atom. The minimum Gasteiger partial charge on any atom is -0.308 e. The smallest absolute Gasteiger partial charge is 0.0834 e. The molecule has 0 spiro atoms. The van der Waals surface area contributed by atoms with E-state index < -0.39 is 0 Å². The third-order valence-electron chi connectivity index (χ3n) is 3.20. The minimum atomic E-state index is 0.277. The van der Waals surface area contributed by atoms with E-state index in [9.17, 15) is 0 Å². The van der Waals surface area contributed by atoms with Crippen LogP contribution in [0.15, 0.2) is 6.20 Å². The number of hydrogen-bond donors (Lipinski definition) is 1. The molecular formula is C15H29ClN4S. The molecule has 1 heterocycles. The fraction of sp³-hybridized carbons (Fsp3) is 0.800. The van der Waals surface area contributed by atoms with Crippen LogP contribution in [0.4, 0.5) is 0 Å². The second kappa shape index (κ2) is 10.5. The Hall–Kier alpha value is -0.230. The highest BCUT2D eigenvalue weighted by atomic mass is 35.5. The van der Waals surface area contributed by atoms with Gasteiger partial charge in [-0.1, -0.05) is 25.4 Å². The average Bonchev–Trinajstić information content (AvgIpc) is 2.81. The summed E-state index contributed by atoms with van der Waals surface area (Å²) < 4.78 is 2.06. The molecule has 0 radical (unpaired) electrons. The van der Waals surface area contributed by atoms with Gasteiger partial charge in [0.2, 0.25) is 0 Å². The molecule has 0 aliphatic carbocycles. The number of likely N-dealkylation sites (N-methyl/N-ethyl adjacent to an activating group) is 1. The zero-order valence-electron chi connectivity index (χ0n) is 13.7. The maximum atomic E-state index is 6.40. The second-order valence-corrected chi connectivity index (χ2v) is 7.04. The summed E-state index contributed by atoms with van der Waals surface area (Å²) in [7, 11) is 4.16. The van der Waals surface area contributed by atoms with E-state index in [4.69, 9.17) is 11.6 Å². The predicted octanol–water partition coefficient (Wildman–Crippen LogP) is 3.28. The number of thioether (sulfide) groups is 1. The molecule has 0 aromatic carbocycles. The number of nitrogens with zero attached hydrogens (tertiary/aromatic N) is 3. The molecule has 1 unspecified atom stereocenters. The maximum Gasteiger partial charge on any atom is 0.0834 e. The van der Waals surface area contributed by atoms with Gasteiger partial charge in [-0.25, -0.2) is 0 Å². The van der Waals surface area contributed by atoms with Gasteiger partial charge in [0.15, 0.2) is 0 Å². The van der Waals surface area contributed by atoms with Crippen molar-refractivity contribution < 1.29 is 0 Å². The number of halogens is 1. The molecule has 21 heavy (non-hydrogen) atoms. The Kier molecular flexibility index (Phi) is 9.40. The van der Waals surface area contributed by atoms with E-state index in [2.05, 4.69) is 47.9 Å². The Bertz CT molecular complexity index is 395. The van der Waals surface area contributed by atoms with Crippen LogP contribution in [-0.2, 0) is 6.54 Å². The summed E-state index contributed by atoms with van der Waals surface area (Å²) in [6.07, 6.45) is 4.11. The monoisotopic (exact) mass is 332 g/mol. The molecule has 1 aromatic rings. The summed E-state index contributed by atoms with van der Waals surface area (Å²) in [5.74, 6) is 2.23. The fourth-order valence-corrected chi connectivity index (χ4v) is 3.33. The number of nitrogens with one attached hydrogen (secondary N) is 1. The first kappa shape index (κ1) is 18.8. The third-order valence-corrected chi connectivity index (χ3v) is 4.75. The first-order valence-corrected chi connectivity index (χ1v) is 9.30. The highest BCUT2D eigenvalue weighted by molar-refractivity contribution is 7.99. The highest BCUT2D eigenvalue weighted by Gasteiger charge is 2.20. The van der Waals surface area contributed by atoms with Gasteiger partial charge in [0.25, 0.3) is 0 Å². The molecule has 0 fully saturated rings. The summed E-state index contributed by atoms with van der Waals surface area (Å²) >= 11 is 8.38. The van der Waals surface area contributed by atoms with Crippen molar-refractivity contribution in [2.75, 3.05) is 38.7 Å².